The van der Waals surface area contributed by atoms with Crippen LogP contribution in [-0.4, -0.2) is 16.6 Å². The Morgan fingerprint density at radius 1 is 1.53 bits per heavy atom. The van der Waals surface area contributed by atoms with Crippen molar-refractivity contribution in [3.05, 3.63) is 47.0 Å². The van der Waals surface area contributed by atoms with Crippen molar-refractivity contribution < 1.29 is 0 Å². The zero-order valence-electron chi connectivity index (χ0n) is 9.31. The lowest BCUT2D eigenvalue weighted by Gasteiger charge is -2.08. The Kier molecular flexibility index (Phi) is 3.43. The number of nitriles is 1. The van der Waals surface area contributed by atoms with Crippen LogP contribution in [0.5, 0.6) is 0 Å². The van der Waals surface area contributed by atoms with E-state index in [1.54, 1.807) is 17.0 Å². The molecule has 0 atom stereocenters. The molecule has 0 radical (unpaired) electrons. The highest BCUT2D eigenvalue weighted by molar-refractivity contribution is 6.32. The molecule has 0 fully saturated rings. The maximum absolute atomic E-state index is 8.91. The monoisotopic (exact) mass is 246 g/mol. The number of nitrogens with zero attached hydrogens (tertiary/aromatic N) is 3. The van der Waals surface area contributed by atoms with Gasteiger partial charge in [-0.05, 0) is 24.7 Å². The van der Waals surface area contributed by atoms with Gasteiger partial charge in [-0.25, -0.2) is 4.98 Å². The summed E-state index contributed by atoms with van der Waals surface area (Å²) in [5.74, 6) is 0.327. The molecular weight excluding hydrogens is 236 g/mol. The van der Waals surface area contributed by atoms with E-state index in [0.29, 0.717) is 10.8 Å². The van der Waals surface area contributed by atoms with E-state index < -0.39 is 0 Å². The van der Waals surface area contributed by atoms with Gasteiger partial charge in [0.25, 0.3) is 0 Å². The number of aromatic nitrogens is 2. The van der Waals surface area contributed by atoms with Crippen LogP contribution >= 0.6 is 11.6 Å². The first-order chi connectivity index (χ1) is 8.26. The Hall–Kier alpha value is -1.83. The first kappa shape index (κ1) is 11.6. The van der Waals surface area contributed by atoms with Crippen molar-refractivity contribution in [1.82, 2.24) is 14.9 Å². The van der Waals surface area contributed by atoms with Gasteiger partial charge in [-0.15, -0.1) is 0 Å². The molecule has 0 unspecified atom stereocenters. The fraction of sp³-hybridized carbons (Fsp3) is 0.167. The highest BCUT2D eigenvalue weighted by atomic mass is 35.5. The average molecular weight is 247 g/mol. The summed E-state index contributed by atoms with van der Waals surface area (Å²) in [6, 6.07) is 7.76. The molecule has 1 N–H and O–H groups in total. The van der Waals surface area contributed by atoms with Crippen LogP contribution in [0.25, 0.3) is 5.69 Å². The van der Waals surface area contributed by atoms with E-state index in [1.807, 2.05) is 31.3 Å². The SMILES string of the molecule is CNCc1ccc(-n2ccnc2C#N)c(Cl)c1. The van der Waals surface area contributed by atoms with Crippen molar-refractivity contribution in [2.75, 3.05) is 7.05 Å². The molecule has 0 bridgehead atoms. The molecule has 0 spiro atoms. The first-order valence-electron chi connectivity index (χ1n) is 5.13. The zero-order chi connectivity index (χ0) is 12.3. The molecule has 86 valence electrons. The largest absolute Gasteiger partial charge is 0.316 e. The van der Waals surface area contributed by atoms with E-state index in [-0.39, 0.29) is 0 Å². The van der Waals surface area contributed by atoms with Gasteiger partial charge in [0, 0.05) is 18.9 Å². The summed E-state index contributed by atoms with van der Waals surface area (Å²) in [5, 5.41) is 12.6. The molecule has 0 aliphatic carbocycles. The van der Waals surface area contributed by atoms with E-state index in [1.165, 1.54) is 0 Å². The Balaban J connectivity index is 2.44. The molecule has 1 aromatic heterocycles. The predicted octanol–water partition coefficient (Wildman–Crippen LogP) is 2.12. The fourth-order valence-electron chi connectivity index (χ4n) is 1.64. The predicted molar refractivity (Wildman–Crippen MR) is 66.1 cm³/mol. The molecule has 4 nitrogen and oxygen atoms in total. The van der Waals surface area contributed by atoms with E-state index >= 15 is 0 Å². The average Bonchev–Trinajstić information content (AvgIpc) is 2.77. The minimum Gasteiger partial charge on any atom is -0.316 e. The summed E-state index contributed by atoms with van der Waals surface area (Å²) in [5.41, 5.74) is 1.86. The van der Waals surface area contributed by atoms with Crippen LogP contribution in [0.3, 0.4) is 0 Å². The van der Waals surface area contributed by atoms with Crippen molar-refractivity contribution in [3.63, 3.8) is 0 Å². The topological polar surface area (TPSA) is 53.6 Å². The Morgan fingerprint density at radius 2 is 2.35 bits per heavy atom. The van der Waals surface area contributed by atoms with Gasteiger partial charge >= 0.3 is 0 Å². The Bertz CT molecular complexity index is 568. The van der Waals surface area contributed by atoms with Crippen LogP contribution in [0.15, 0.2) is 30.6 Å². The van der Waals surface area contributed by atoms with Crippen LogP contribution in [0.1, 0.15) is 11.4 Å². The van der Waals surface area contributed by atoms with Crippen LogP contribution < -0.4 is 5.32 Å². The van der Waals surface area contributed by atoms with Crippen molar-refractivity contribution in [2.45, 2.75) is 6.54 Å². The molecule has 0 saturated heterocycles. The van der Waals surface area contributed by atoms with Crippen molar-refractivity contribution >= 4 is 11.6 Å². The second-order valence-electron chi connectivity index (χ2n) is 3.55. The van der Waals surface area contributed by atoms with Gasteiger partial charge in [0.05, 0.1) is 10.7 Å². The van der Waals surface area contributed by atoms with Gasteiger partial charge < -0.3 is 5.32 Å². The van der Waals surface area contributed by atoms with E-state index in [0.717, 1.165) is 17.8 Å². The third-order valence-electron chi connectivity index (χ3n) is 2.39. The molecule has 1 aromatic carbocycles. The number of hydrogen-bond acceptors (Lipinski definition) is 3. The number of imidazole rings is 1. The van der Waals surface area contributed by atoms with Crippen LogP contribution in [-0.2, 0) is 6.54 Å². The number of halogens is 1. The minimum atomic E-state index is 0.327. The smallest absolute Gasteiger partial charge is 0.217 e. The third-order valence-corrected chi connectivity index (χ3v) is 2.70. The minimum absolute atomic E-state index is 0.327. The Labute approximate surface area is 104 Å². The molecular formula is C12H11ClN4. The normalized spacial score (nSPS) is 10.2. The summed E-state index contributed by atoms with van der Waals surface area (Å²) >= 11 is 6.20. The summed E-state index contributed by atoms with van der Waals surface area (Å²) in [6.07, 6.45) is 3.30. The molecule has 0 aliphatic heterocycles. The van der Waals surface area contributed by atoms with Gasteiger partial charge in [0.2, 0.25) is 5.82 Å². The summed E-state index contributed by atoms with van der Waals surface area (Å²) < 4.78 is 1.67. The number of rotatable bonds is 3. The maximum atomic E-state index is 8.91. The van der Waals surface area contributed by atoms with E-state index in [2.05, 4.69) is 10.3 Å². The van der Waals surface area contributed by atoms with E-state index in [4.69, 9.17) is 16.9 Å². The molecule has 17 heavy (non-hydrogen) atoms. The molecule has 1 heterocycles. The van der Waals surface area contributed by atoms with Crippen LogP contribution in [0.2, 0.25) is 5.02 Å². The second-order valence-corrected chi connectivity index (χ2v) is 3.96. The van der Waals surface area contributed by atoms with Crippen molar-refractivity contribution in [3.8, 4) is 11.8 Å². The summed E-state index contributed by atoms with van der Waals surface area (Å²) in [4.78, 5) is 3.94. The lowest BCUT2D eigenvalue weighted by atomic mass is 10.2. The lowest BCUT2D eigenvalue weighted by Crippen LogP contribution is -2.05. The fourth-order valence-corrected chi connectivity index (χ4v) is 1.93. The standard InChI is InChI=1S/C12H11ClN4/c1-15-8-9-2-3-11(10(13)6-9)17-5-4-16-12(17)7-14/h2-6,15H,8H2,1H3. The van der Waals surface area contributed by atoms with Gasteiger partial charge in [-0.1, -0.05) is 17.7 Å². The Morgan fingerprint density at radius 3 is 3.00 bits per heavy atom. The molecule has 2 aromatic rings. The summed E-state index contributed by atoms with van der Waals surface area (Å²) in [7, 11) is 1.88. The highest BCUT2D eigenvalue weighted by Crippen LogP contribution is 2.22. The molecule has 0 saturated carbocycles. The van der Waals surface area contributed by atoms with Gasteiger partial charge in [0.1, 0.15) is 6.07 Å². The molecule has 2 rings (SSSR count). The van der Waals surface area contributed by atoms with Crippen LogP contribution in [0.4, 0.5) is 0 Å². The third kappa shape index (κ3) is 2.31. The van der Waals surface area contributed by atoms with Crippen LogP contribution in [0, 0.1) is 11.3 Å². The number of hydrogen-bond donors (Lipinski definition) is 1. The van der Waals surface area contributed by atoms with E-state index in [9.17, 15) is 0 Å². The molecule has 0 amide bonds. The second kappa shape index (κ2) is 5.00. The maximum Gasteiger partial charge on any atom is 0.217 e. The molecule has 0 aliphatic rings. The number of nitrogens with one attached hydrogen (secondary N) is 1. The van der Waals surface area contributed by atoms with Crippen molar-refractivity contribution in [1.29, 1.82) is 5.26 Å². The highest BCUT2D eigenvalue weighted by Gasteiger charge is 2.08. The summed E-state index contributed by atoms with van der Waals surface area (Å²) in [6.45, 7) is 0.759. The zero-order valence-corrected chi connectivity index (χ0v) is 10.1. The van der Waals surface area contributed by atoms with Crippen molar-refractivity contribution in [2.24, 2.45) is 0 Å². The van der Waals surface area contributed by atoms with Gasteiger partial charge in [-0.3, -0.25) is 4.57 Å². The number of benzene rings is 1. The van der Waals surface area contributed by atoms with Gasteiger partial charge in [-0.2, -0.15) is 5.26 Å². The van der Waals surface area contributed by atoms with Gasteiger partial charge in [0.15, 0.2) is 0 Å². The lowest BCUT2D eigenvalue weighted by molar-refractivity contribution is 0.817. The first-order valence-corrected chi connectivity index (χ1v) is 5.51. The quantitative estimate of drug-likeness (QED) is 0.903. The molecule has 5 heteroatoms.